The standard InChI is InChI=1S/C12H13BrN2O/c1-2-3-4-12(16)15-11-6-5-10(13)7-9(11)8-14/h5-7H,2-4H2,1H3,(H,15,16). The van der Waals surface area contributed by atoms with E-state index in [1.54, 1.807) is 18.2 Å². The summed E-state index contributed by atoms with van der Waals surface area (Å²) in [5.41, 5.74) is 1.05. The number of hydrogen-bond donors (Lipinski definition) is 1. The highest BCUT2D eigenvalue weighted by Crippen LogP contribution is 2.20. The van der Waals surface area contributed by atoms with Crippen LogP contribution >= 0.6 is 15.9 Å². The average molecular weight is 281 g/mol. The first-order chi connectivity index (χ1) is 7.67. The minimum Gasteiger partial charge on any atom is -0.325 e. The van der Waals surface area contributed by atoms with Crippen LogP contribution in [0.1, 0.15) is 31.7 Å². The van der Waals surface area contributed by atoms with Gasteiger partial charge in [0.05, 0.1) is 11.3 Å². The van der Waals surface area contributed by atoms with Crippen LogP contribution in [0.5, 0.6) is 0 Å². The summed E-state index contributed by atoms with van der Waals surface area (Å²) in [7, 11) is 0. The number of nitrogens with one attached hydrogen (secondary N) is 1. The summed E-state index contributed by atoms with van der Waals surface area (Å²) in [5.74, 6) is -0.0410. The molecule has 0 bridgehead atoms. The fourth-order valence-corrected chi connectivity index (χ4v) is 1.63. The Bertz CT molecular complexity index is 424. The molecule has 1 amide bonds. The van der Waals surface area contributed by atoms with E-state index in [0.29, 0.717) is 17.7 Å². The van der Waals surface area contributed by atoms with Gasteiger partial charge in [0, 0.05) is 10.9 Å². The minimum absolute atomic E-state index is 0.0410. The molecule has 0 spiro atoms. The maximum absolute atomic E-state index is 11.5. The summed E-state index contributed by atoms with van der Waals surface area (Å²) < 4.78 is 0.829. The highest BCUT2D eigenvalue weighted by molar-refractivity contribution is 9.10. The summed E-state index contributed by atoms with van der Waals surface area (Å²) >= 11 is 3.28. The van der Waals surface area contributed by atoms with Gasteiger partial charge in [-0.3, -0.25) is 4.79 Å². The molecular weight excluding hydrogens is 268 g/mol. The van der Waals surface area contributed by atoms with Crippen molar-refractivity contribution < 1.29 is 4.79 Å². The van der Waals surface area contributed by atoms with E-state index in [4.69, 9.17) is 5.26 Å². The first-order valence-corrected chi connectivity index (χ1v) is 5.96. The third-order valence-electron chi connectivity index (χ3n) is 2.13. The molecule has 0 saturated heterocycles. The van der Waals surface area contributed by atoms with Crippen molar-refractivity contribution >= 4 is 27.5 Å². The largest absolute Gasteiger partial charge is 0.325 e. The van der Waals surface area contributed by atoms with Crippen molar-refractivity contribution in [2.75, 3.05) is 5.32 Å². The quantitative estimate of drug-likeness (QED) is 0.919. The third-order valence-corrected chi connectivity index (χ3v) is 2.63. The van der Waals surface area contributed by atoms with Gasteiger partial charge < -0.3 is 5.32 Å². The number of amides is 1. The summed E-state index contributed by atoms with van der Waals surface area (Å²) in [6.07, 6.45) is 2.35. The fourth-order valence-electron chi connectivity index (χ4n) is 1.27. The van der Waals surface area contributed by atoms with Gasteiger partial charge in [-0.05, 0) is 24.6 Å². The van der Waals surface area contributed by atoms with E-state index in [9.17, 15) is 4.79 Å². The number of carbonyl (C=O) groups excluding carboxylic acids is 1. The Labute approximate surface area is 104 Å². The molecule has 3 nitrogen and oxygen atoms in total. The number of carbonyl (C=O) groups is 1. The van der Waals surface area contributed by atoms with Crippen molar-refractivity contribution in [3.05, 3.63) is 28.2 Å². The smallest absolute Gasteiger partial charge is 0.224 e. The molecule has 0 aliphatic heterocycles. The van der Waals surface area contributed by atoms with E-state index in [0.717, 1.165) is 17.3 Å². The second-order valence-corrected chi connectivity index (χ2v) is 4.37. The molecule has 84 valence electrons. The molecule has 0 aliphatic carbocycles. The molecule has 16 heavy (non-hydrogen) atoms. The first kappa shape index (κ1) is 12.7. The molecule has 0 heterocycles. The Morgan fingerprint density at radius 2 is 2.31 bits per heavy atom. The first-order valence-electron chi connectivity index (χ1n) is 5.17. The van der Waals surface area contributed by atoms with Crippen LogP contribution in [0.15, 0.2) is 22.7 Å². The number of unbranched alkanes of at least 4 members (excludes halogenated alkanes) is 1. The van der Waals surface area contributed by atoms with Crippen LogP contribution in [-0.2, 0) is 4.79 Å². The number of rotatable bonds is 4. The second kappa shape index (κ2) is 6.29. The van der Waals surface area contributed by atoms with E-state index in [1.165, 1.54) is 0 Å². The van der Waals surface area contributed by atoms with Gasteiger partial charge in [0.1, 0.15) is 6.07 Å². The third kappa shape index (κ3) is 3.67. The SMILES string of the molecule is CCCCC(=O)Nc1ccc(Br)cc1C#N. The molecule has 1 aromatic carbocycles. The van der Waals surface area contributed by atoms with Gasteiger partial charge in [0.25, 0.3) is 0 Å². The molecule has 0 atom stereocenters. The molecular formula is C12H13BrN2O. The minimum atomic E-state index is -0.0410. The topological polar surface area (TPSA) is 52.9 Å². The lowest BCUT2D eigenvalue weighted by molar-refractivity contribution is -0.116. The maximum Gasteiger partial charge on any atom is 0.224 e. The average Bonchev–Trinajstić information content (AvgIpc) is 2.28. The van der Waals surface area contributed by atoms with Gasteiger partial charge in [0.15, 0.2) is 0 Å². The van der Waals surface area contributed by atoms with E-state index in [2.05, 4.69) is 27.3 Å². The number of anilines is 1. The summed E-state index contributed by atoms with van der Waals surface area (Å²) in [4.78, 5) is 11.5. The van der Waals surface area contributed by atoms with Gasteiger partial charge in [-0.1, -0.05) is 29.3 Å². The van der Waals surface area contributed by atoms with Crippen molar-refractivity contribution in [3.63, 3.8) is 0 Å². The van der Waals surface area contributed by atoms with Crippen molar-refractivity contribution in [2.45, 2.75) is 26.2 Å². The van der Waals surface area contributed by atoms with Gasteiger partial charge in [-0.15, -0.1) is 0 Å². The highest BCUT2D eigenvalue weighted by Gasteiger charge is 2.06. The Balaban J connectivity index is 2.74. The molecule has 0 radical (unpaired) electrons. The molecule has 0 aliphatic rings. The lowest BCUT2D eigenvalue weighted by Gasteiger charge is -2.06. The number of halogens is 1. The van der Waals surface area contributed by atoms with E-state index < -0.39 is 0 Å². The van der Waals surface area contributed by atoms with Gasteiger partial charge in [-0.2, -0.15) is 5.26 Å². The van der Waals surface area contributed by atoms with Crippen LogP contribution in [0.2, 0.25) is 0 Å². The Morgan fingerprint density at radius 1 is 1.56 bits per heavy atom. The predicted molar refractivity (Wildman–Crippen MR) is 67.0 cm³/mol. The molecule has 1 rings (SSSR count). The number of hydrogen-bond acceptors (Lipinski definition) is 2. The zero-order valence-corrected chi connectivity index (χ0v) is 10.7. The molecule has 4 heteroatoms. The zero-order chi connectivity index (χ0) is 12.0. The van der Waals surface area contributed by atoms with Crippen molar-refractivity contribution in [1.29, 1.82) is 5.26 Å². The molecule has 0 saturated carbocycles. The van der Waals surface area contributed by atoms with Crippen LogP contribution < -0.4 is 5.32 Å². The van der Waals surface area contributed by atoms with E-state index in [-0.39, 0.29) is 5.91 Å². The molecule has 0 aromatic heterocycles. The van der Waals surface area contributed by atoms with Gasteiger partial charge in [-0.25, -0.2) is 0 Å². The van der Waals surface area contributed by atoms with Crippen LogP contribution in [0.4, 0.5) is 5.69 Å². The van der Waals surface area contributed by atoms with E-state index >= 15 is 0 Å². The van der Waals surface area contributed by atoms with Crippen LogP contribution in [-0.4, -0.2) is 5.91 Å². The summed E-state index contributed by atoms with van der Waals surface area (Å²) in [6, 6.07) is 7.27. The Morgan fingerprint density at radius 3 is 2.94 bits per heavy atom. The molecule has 0 unspecified atom stereocenters. The summed E-state index contributed by atoms with van der Waals surface area (Å²) in [5, 5.41) is 11.7. The zero-order valence-electron chi connectivity index (χ0n) is 9.09. The van der Waals surface area contributed by atoms with Crippen LogP contribution in [0.25, 0.3) is 0 Å². The van der Waals surface area contributed by atoms with Crippen molar-refractivity contribution in [1.82, 2.24) is 0 Å². The van der Waals surface area contributed by atoms with Crippen LogP contribution in [0, 0.1) is 11.3 Å². The molecule has 1 aromatic rings. The molecule has 0 fully saturated rings. The number of nitrogens with zero attached hydrogens (tertiary/aromatic N) is 1. The number of nitriles is 1. The predicted octanol–water partition coefficient (Wildman–Crippen LogP) is 3.45. The monoisotopic (exact) mass is 280 g/mol. The number of benzene rings is 1. The normalized spacial score (nSPS) is 9.56. The molecule has 1 N–H and O–H groups in total. The van der Waals surface area contributed by atoms with E-state index in [1.807, 2.05) is 6.92 Å². The fraction of sp³-hybridized carbons (Fsp3) is 0.333. The maximum atomic E-state index is 11.5. The summed E-state index contributed by atoms with van der Waals surface area (Å²) in [6.45, 7) is 2.04. The Hall–Kier alpha value is -1.34. The highest BCUT2D eigenvalue weighted by atomic mass is 79.9. The Kier molecular flexibility index (Phi) is 5.00. The van der Waals surface area contributed by atoms with Gasteiger partial charge in [0.2, 0.25) is 5.91 Å². The van der Waals surface area contributed by atoms with Gasteiger partial charge >= 0.3 is 0 Å². The van der Waals surface area contributed by atoms with Crippen molar-refractivity contribution in [2.24, 2.45) is 0 Å². The lowest BCUT2D eigenvalue weighted by Crippen LogP contribution is -2.11. The van der Waals surface area contributed by atoms with Crippen LogP contribution in [0.3, 0.4) is 0 Å². The lowest BCUT2D eigenvalue weighted by atomic mass is 10.2. The van der Waals surface area contributed by atoms with Crippen molar-refractivity contribution in [3.8, 4) is 6.07 Å². The second-order valence-electron chi connectivity index (χ2n) is 3.45.